The Labute approximate surface area is 106 Å². The second kappa shape index (κ2) is 4.55. The third kappa shape index (κ3) is 1.94. The van der Waals surface area contributed by atoms with Crippen LogP contribution in [0.25, 0.3) is 0 Å². The monoisotopic (exact) mass is 236 g/mol. The quantitative estimate of drug-likeness (QED) is 0.816. The van der Waals surface area contributed by atoms with Gasteiger partial charge in [0.2, 0.25) is 0 Å². The summed E-state index contributed by atoms with van der Waals surface area (Å²) in [5.74, 6) is 2.63. The maximum absolute atomic E-state index is 6.45. The molecule has 98 valence electrons. The lowest BCUT2D eigenvalue weighted by Gasteiger charge is -2.36. The van der Waals surface area contributed by atoms with Crippen molar-refractivity contribution in [1.82, 2.24) is 4.90 Å². The fourth-order valence-corrected chi connectivity index (χ4v) is 4.86. The number of fused-ring (bicyclic) bond motifs is 2. The smallest absolute Gasteiger partial charge is 0.0111 e. The summed E-state index contributed by atoms with van der Waals surface area (Å²) in [5, 5.41) is 0. The van der Waals surface area contributed by atoms with Crippen molar-refractivity contribution in [2.75, 3.05) is 6.54 Å². The first-order valence-electron chi connectivity index (χ1n) is 7.72. The molecule has 3 aliphatic rings. The molecule has 6 unspecified atom stereocenters. The Morgan fingerprint density at radius 2 is 1.88 bits per heavy atom. The van der Waals surface area contributed by atoms with Gasteiger partial charge in [-0.15, -0.1) is 0 Å². The van der Waals surface area contributed by atoms with Crippen molar-refractivity contribution in [3.05, 3.63) is 0 Å². The second-order valence-corrected chi connectivity index (χ2v) is 6.76. The molecule has 3 fully saturated rings. The van der Waals surface area contributed by atoms with Gasteiger partial charge in [-0.1, -0.05) is 6.92 Å². The van der Waals surface area contributed by atoms with Gasteiger partial charge in [0, 0.05) is 24.7 Å². The summed E-state index contributed by atoms with van der Waals surface area (Å²) in [6.45, 7) is 6.05. The van der Waals surface area contributed by atoms with E-state index < -0.39 is 0 Å². The summed E-state index contributed by atoms with van der Waals surface area (Å²) < 4.78 is 0. The first-order chi connectivity index (χ1) is 8.20. The number of hydrogen-bond donors (Lipinski definition) is 1. The molecule has 1 aliphatic heterocycles. The Kier molecular flexibility index (Phi) is 3.20. The van der Waals surface area contributed by atoms with Gasteiger partial charge < -0.3 is 5.73 Å². The molecule has 2 heteroatoms. The first kappa shape index (κ1) is 12.0. The zero-order valence-corrected chi connectivity index (χ0v) is 11.4. The molecule has 2 bridgehead atoms. The van der Waals surface area contributed by atoms with Crippen molar-refractivity contribution >= 4 is 0 Å². The van der Waals surface area contributed by atoms with E-state index in [2.05, 4.69) is 18.7 Å². The Bertz CT molecular complexity index is 273. The van der Waals surface area contributed by atoms with Crippen molar-refractivity contribution in [2.45, 2.75) is 70.5 Å². The van der Waals surface area contributed by atoms with E-state index in [0.717, 1.165) is 29.8 Å². The van der Waals surface area contributed by atoms with E-state index in [0.29, 0.717) is 6.04 Å². The molecule has 0 aromatic carbocycles. The summed E-state index contributed by atoms with van der Waals surface area (Å²) in [7, 11) is 0. The lowest BCUT2D eigenvalue weighted by molar-refractivity contribution is 0.131. The average Bonchev–Trinajstić information content (AvgIpc) is 2.98. The Morgan fingerprint density at radius 3 is 2.53 bits per heavy atom. The van der Waals surface area contributed by atoms with Crippen molar-refractivity contribution in [1.29, 1.82) is 0 Å². The molecular formula is C15H28N2. The van der Waals surface area contributed by atoms with Crippen LogP contribution in [0.3, 0.4) is 0 Å². The average molecular weight is 236 g/mol. The predicted octanol–water partition coefficient (Wildman–Crippen LogP) is 2.62. The van der Waals surface area contributed by atoms with Crippen LogP contribution in [-0.4, -0.2) is 29.6 Å². The van der Waals surface area contributed by atoms with E-state index in [1.54, 1.807) is 0 Å². The van der Waals surface area contributed by atoms with E-state index in [1.165, 1.54) is 45.1 Å². The van der Waals surface area contributed by atoms with Gasteiger partial charge in [0.15, 0.2) is 0 Å². The maximum atomic E-state index is 6.45. The molecule has 1 heterocycles. The summed E-state index contributed by atoms with van der Waals surface area (Å²) in [6.07, 6.45) is 8.44. The molecular weight excluding hydrogens is 208 g/mol. The van der Waals surface area contributed by atoms with E-state index in [9.17, 15) is 0 Å². The molecule has 3 rings (SSSR count). The lowest BCUT2D eigenvalue weighted by atomic mass is 9.84. The lowest BCUT2D eigenvalue weighted by Crippen LogP contribution is -2.46. The molecule has 0 spiro atoms. The van der Waals surface area contributed by atoms with Crippen LogP contribution in [0, 0.1) is 17.8 Å². The molecule has 2 N–H and O–H groups in total. The van der Waals surface area contributed by atoms with E-state index in [1.807, 2.05) is 0 Å². The summed E-state index contributed by atoms with van der Waals surface area (Å²) in [4.78, 5) is 2.78. The van der Waals surface area contributed by atoms with Gasteiger partial charge in [0.25, 0.3) is 0 Å². The SMILES string of the molecule is CCC1CCC(C)N1CC1C2CCC(C2)C1N. The van der Waals surface area contributed by atoms with Crippen LogP contribution in [0.5, 0.6) is 0 Å². The Hall–Kier alpha value is -0.0800. The predicted molar refractivity (Wildman–Crippen MR) is 71.8 cm³/mol. The number of rotatable bonds is 3. The van der Waals surface area contributed by atoms with Crippen LogP contribution in [0.4, 0.5) is 0 Å². The molecule has 0 amide bonds. The van der Waals surface area contributed by atoms with Gasteiger partial charge in [-0.05, 0) is 63.2 Å². The minimum absolute atomic E-state index is 0.513. The van der Waals surface area contributed by atoms with Crippen molar-refractivity contribution in [3.63, 3.8) is 0 Å². The molecule has 1 saturated heterocycles. The van der Waals surface area contributed by atoms with E-state index in [4.69, 9.17) is 5.73 Å². The number of nitrogens with two attached hydrogens (primary N) is 1. The molecule has 0 radical (unpaired) electrons. The number of hydrogen-bond acceptors (Lipinski definition) is 2. The molecule has 0 aromatic rings. The molecule has 2 saturated carbocycles. The van der Waals surface area contributed by atoms with Gasteiger partial charge in [-0.2, -0.15) is 0 Å². The van der Waals surface area contributed by atoms with E-state index in [-0.39, 0.29) is 0 Å². The zero-order valence-electron chi connectivity index (χ0n) is 11.4. The molecule has 2 aliphatic carbocycles. The van der Waals surface area contributed by atoms with Crippen LogP contribution in [0.2, 0.25) is 0 Å². The highest BCUT2D eigenvalue weighted by Gasteiger charge is 2.47. The van der Waals surface area contributed by atoms with Crippen LogP contribution >= 0.6 is 0 Å². The summed E-state index contributed by atoms with van der Waals surface area (Å²) in [5.41, 5.74) is 6.45. The number of nitrogens with zero attached hydrogens (tertiary/aromatic N) is 1. The third-order valence-corrected chi connectivity index (χ3v) is 6.00. The van der Waals surface area contributed by atoms with Crippen molar-refractivity contribution < 1.29 is 0 Å². The molecule has 6 atom stereocenters. The standard InChI is InChI=1S/C15H28N2/c1-3-13-7-4-10(2)17(13)9-14-11-5-6-12(8-11)15(14)16/h10-15H,3-9,16H2,1-2H3. The van der Waals surface area contributed by atoms with E-state index >= 15 is 0 Å². The van der Waals surface area contributed by atoms with Gasteiger partial charge in [-0.3, -0.25) is 4.90 Å². The minimum atomic E-state index is 0.513. The Morgan fingerprint density at radius 1 is 1.12 bits per heavy atom. The van der Waals surface area contributed by atoms with Gasteiger partial charge in [0.1, 0.15) is 0 Å². The van der Waals surface area contributed by atoms with Crippen molar-refractivity contribution in [3.8, 4) is 0 Å². The third-order valence-electron chi connectivity index (χ3n) is 6.00. The van der Waals surface area contributed by atoms with Gasteiger partial charge in [0.05, 0.1) is 0 Å². The molecule has 0 aromatic heterocycles. The van der Waals surface area contributed by atoms with Crippen LogP contribution in [-0.2, 0) is 0 Å². The highest BCUT2D eigenvalue weighted by molar-refractivity contribution is 5.01. The molecule has 2 nitrogen and oxygen atoms in total. The normalized spacial score (nSPS) is 50.3. The largest absolute Gasteiger partial charge is 0.327 e. The zero-order chi connectivity index (χ0) is 12.0. The first-order valence-corrected chi connectivity index (χ1v) is 7.72. The fourth-order valence-electron chi connectivity index (χ4n) is 4.86. The van der Waals surface area contributed by atoms with Gasteiger partial charge in [-0.25, -0.2) is 0 Å². The Balaban J connectivity index is 1.66. The van der Waals surface area contributed by atoms with Crippen LogP contribution < -0.4 is 5.73 Å². The fraction of sp³-hybridized carbons (Fsp3) is 1.00. The van der Waals surface area contributed by atoms with Crippen LogP contribution in [0.15, 0.2) is 0 Å². The molecule has 17 heavy (non-hydrogen) atoms. The topological polar surface area (TPSA) is 29.3 Å². The maximum Gasteiger partial charge on any atom is 0.0111 e. The van der Waals surface area contributed by atoms with Gasteiger partial charge >= 0.3 is 0 Å². The summed E-state index contributed by atoms with van der Waals surface area (Å²) in [6, 6.07) is 2.15. The highest BCUT2D eigenvalue weighted by atomic mass is 15.2. The number of likely N-dealkylation sites (tertiary alicyclic amines) is 1. The highest BCUT2D eigenvalue weighted by Crippen LogP contribution is 2.48. The second-order valence-electron chi connectivity index (χ2n) is 6.76. The summed E-state index contributed by atoms with van der Waals surface area (Å²) >= 11 is 0. The van der Waals surface area contributed by atoms with Crippen LogP contribution in [0.1, 0.15) is 52.4 Å². The minimum Gasteiger partial charge on any atom is -0.327 e. The van der Waals surface area contributed by atoms with Crippen molar-refractivity contribution in [2.24, 2.45) is 23.5 Å².